The molecule has 146 valence electrons. The lowest BCUT2D eigenvalue weighted by Gasteiger charge is -2.12. The Bertz CT molecular complexity index is 872. The first-order valence-electron chi connectivity index (χ1n) is 9.45. The molecule has 28 heavy (non-hydrogen) atoms. The van der Waals surface area contributed by atoms with Crippen molar-refractivity contribution < 1.29 is 4.74 Å². The maximum atomic E-state index is 5.27. The van der Waals surface area contributed by atoms with Gasteiger partial charge in [-0.25, -0.2) is 4.68 Å². The number of rotatable bonds is 8. The number of aliphatic imine (C=N–C) groups is 1. The number of aromatic nitrogens is 2. The van der Waals surface area contributed by atoms with Crippen LogP contribution < -0.4 is 15.4 Å². The van der Waals surface area contributed by atoms with Crippen LogP contribution in [0.1, 0.15) is 11.1 Å². The van der Waals surface area contributed by atoms with E-state index in [1.54, 1.807) is 20.4 Å². The van der Waals surface area contributed by atoms with Crippen LogP contribution in [0.25, 0.3) is 5.69 Å². The van der Waals surface area contributed by atoms with Gasteiger partial charge in [-0.05, 0) is 54.3 Å². The fraction of sp³-hybridized carbons (Fsp3) is 0.273. The molecule has 0 spiro atoms. The lowest BCUT2D eigenvalue weighted by molar-refractivity contribution is 0.414. The van der Waals surface area contributed by atoms with E-state index < -0.39 is 0 Å². The average Bonchev–Trinajstić information content (AvgIpc) is 3.28. The third-order valence-corrected chi connectivity index (χ3v) is 4.48. The molecule has 0 saturated heterocycles. The summed E-state index contributed by atoms with van der Waals surface area (Å²) in [4.78, 5) is 4.29. The van der Waals surface area contributed by atoms with Gasteiger partial charge in [0.1, 0.15) is 5.75 Å². The van der Waals surface area contributed by atoms with Crippen LogP contribution in [0.5, 0.6) is 5.75 Å². The molecule has 0 atom stereocenters. The van der Waals surface area contributed by atoms with Gasteiger partial charge in [0.05, 0.1) is 12.8 Å². The molecule has 0 aliphatic carbocycles. The summed E-state index contributed by atoms with van der Waals surface area (Å²) in [6, 6.07) is 18.5. The average molecular weight is 377 g/mol. The van der Waals surface area contributed by atoms with Crippen LogP contribution in [0.4, 0.5) is 0 Å². The zero-order chi connectivity index (χ0) is 19.6. The Morgan fingerprint density at radius 3 is 2.39 bits per heavy atom. The second kappa shape index (κ2) is 10.2. The summed E-state index contributed by atoms with van der Waals surface area (Å²) in [7, 11) is 3.48. The summed E-state index contributed by atoms with van der Waals surface area (Å²) in [5.74, 6) is 1.70. The first-order chi connectivity index (χ1) is 13.8. The molecule has 0 aliphatic heterocycles. The first-order valence-corrected chi connectivity index (χ1v) is 9.45. The minimum atomic E-state index is 0.811. The van der Waals surface area contributed by atoms with E-state index in [1.807, 2.05) is 29.1 Å². The summed E-state index contributed by atoms with van der Waals surface area (Å²) in [6.07, 6.45) is 5.56. The van der Waals surface area contributed by atoms with Gasteiger partial charge in [-0.15, -0.1) is 0 Å². The molecule has 0 bridgehead atoms. The topological polar surface area (TPSA) is 63.5 Å². The molecule has 2 N–H and O–H groups in total. The Balaban J connectivity index is 1.40. The summed E-state index contributed by atoms with van der Waals surface area (Å²) in [6.45, 7) is 1.63. The highest BCUT2D eigenvalue weighted by molar-refractivity contribution is 5.79. The smallest absolute Gasteiger partial charge is 0.190 e. The number of guanidine groups is 1. The molecule has 3 rings (SSSR count). The first kappa shape index (κ1) is 19.5. The summed E-state index contributed by atoms with van der Waals surface area (Å²) < 4.78 is 7.12. The van der Waals surface area contributed by atoms with E-state index in [4.69, 9.17) is 4.74 Å². The quantitative estimate of drug-likeness (QED) is 0.468. The Labute approximate surface area is 166 Å². The Morgan fingerprint density at radius 1 is 1.00 bits per heavy atom. The van der Waals surface area contributed by atoms with Crippen LogP contribution in [-0.4, -0.2) is 43.0 Å². The van der Waals surface area contributed by atoms with Gasteiger partial charge in [-0.1, -0.05) is 24.3 Å². The number of ether oxygens (including phenoxy) is 1. The van der Waals surface area contributed by atoms with Crippen LogP contribution in [0.2, 0.25) is 0 Å². The van der Waals surface area contributed by atoms with Crippen LogP contribution >= 0.6 is 0 Å². The number of hydrogen-bond acceptors (Lipinski definition) is 3. The number of methoxy groups -OCH3 is 1. The SMILES string of the molecule is CN=C(NCCc1ccc(-n2cccn2)cc1)NCCc1cccc(OC)c1. The van der Waals surface area contributed by atoms with Crippen molar-refractivity contribution in [2.75, 3.05) is 27.2 Å². The van der Waals surface area contributed by atoms with Gasteiger partial charge in [-0.2, -0.15) is 5.10 Å². The molecule has 6 nitrogen and oxygen atoms in total. The molecule has 0 saturated carbocycles. The number of nitrogens with one attached hydrogen (secondary N) is 2. The minimum Gasteiger partial charge on any atom is -0.497 e. The van der Waals surface area contributed by atoms with Crippen LogP contribution in [0.3, 0.4) is 0 Å². The van der Waals surface area contributed by atoms with Crippen molar-refractivity contribution in [1.29, 1.82) is 0 Å². The van der Waals surface area contributed by atoms with Crippen molar-refractivity contribution >= 4 is 5.96 Å². The highest BCUT2D eigenvalue weighted by atomic mass is 16.5. The van der Waals surface area contributed by atoms with E-state index in [-0.39, 0.29) is 0 Å². The molecule has 3 aromatic rings. The second-order valence-electron chi connectivity index (χ2n) is 6.39. The van der Waals surface area contributed by atoms with Gasteiger partial charge in [-0.3, -0.25) is 4.99 Å². The van der Waals surface area contributed by atoms with Crippen LogP contribution in [0, 0.1) is 0 Å². The van der Waals surface area contributed by atoms with Gasteiger partial charge in [0, 0.05) is 32.5 Å². The van der Waals surface area contributed by atoms with E-state index >= 15 is 0 Å². The number of nitrogens with zero attached hydrogens (tertiary/aromatic N) is 3. The van der Waals surface area contributed by atoms with Gasteiger partial charge in [0.25, 0.3) is 0 Å². The largest absolute Gasteiger partial charge is 0.497 e. The minimum absolute atomic E-state index is 0.811. The zero-order valence-corrected chi connectivity index (χ0v) is 16.4. The Kier molecular flexibility index (Phi) is 7.07. The third kappa shape index (κ3) is 5.61. The molecular weight excluding hydrogens is 350 g/mol. The molecule has 0 aliphatic rings. The molecule has 0 unspecified atom stereocenters. The molecule has 0 radical (unpaired) electrons. The lowest BCUT2D eigenvalue weighted by Crippen LogP contribution is -2.39. The molecule has 0 amide bonds. The number of benzene rings is 2. The molecule has 2 aromatic carbocycles. The third-order valence-electron chi connectivity index (χ3n) is 4.48. The van der Waals surface area contributed by atoms with E-state index in [9.17, 15) is 0 Å². The van der Waals surface area contributed by atoms with Gasteiger partial charge < -0.3 is 15.4 Å². The maximum absolute atomic E-state index is 5.27. The standard InChI is InChI=1S/C22H27N5O/c1-23-22(25-15-12-19-5-3-6-21(17-19)28-2)24-14-11-18-7-9-20(10-8-18)27-16-4-13-26-27/h3-10,13,16-17H,11-12,14-15H2,1-2H3,(H2,23,24,25). The predicted molar refractivity (Wildman–Crippen MR) is 113 cm³/mol. The van der Waals surface area contributed by atoms with E-state index in [0.717, 1.165) is 43.3 Å². The molecule has 0 fully saturated rings. The summed E-state index contributed by atoms with van der Waals surface area (Å²) >= 11 is 0. The van der Waals surface area contributed by atoms with Crippen molar-refractivity contribution in [3.05, 3.63) is 78.1 Å². The monoisotopic (exact) mass is 377 g/mol. The fourth-order valence-corrected chi connectivity index (χ4v) is 2.94. The fourth-order valence-electron chi connectivity index (χ4n) is 2.94. The summed E-state index contributed by atoms with van der Waals surface area (Å²) in [5.41, 5.74) is 3.58. The van der Waals surface area contributed by atoms with E-state index in [2.05, 4.69) is 57.1 Å². The lowest BCUT2D eigenvalue weighted by atomic mass is 10.1. The molecule has 1 heterocycles. The number of hydrogen-bond donors (Lipinski definition) is 2. The van der Waals surface area contributed by atoms with Crippen molar-refractivity contribution in [1.82, 2.24) is 20.4 Å². The molecular formula is C22H27N5O. The zero-order valence-electron chi connectivity index (χ0n) is 16.4. The molecule has 1 aromatic heterocycles. The van der Waals surface area contributed by atoms with Gasteiger partial charge >= 0.3 is 0 Å². The second-order valence-corrected chi connectivity index (χ2v) is 6.39. The highest BCUT2D eigenvalue weighted by Gasteiger charge is 2.01. The van der Waals surface area contributed by atoms with Gasteiger partial charge in [0.15, 0.2) is 5.96 Å². The van der Waals surface area contributed by atoms with E-state index in [0.29, 0.717) is 0 Å². The van der Waals surface area contributed by atoms with Crippen LogP contribution in [-0.2, 0) is 12.8 Å². The van der Waals surface area contributed by atoms with Crippen molar-refractivity contribution in [2.24, 2.45) is 4.99 Å². The van der Waals surface area contributed by atoms with Gasteiger partial charge in [0.2, 0.25) is 0 Å². The van der Waals surface area contributed by atoms with E-state index in [1.165, 1.54) is 11.1 Å². The maximum Gasteiger partial charge on any atom is 0.190 e. The van der Waals surface area contributed by atoms with Crippen molar-refractivity contribution in [3.8, 4) is 11.4 Å². The molecule has 6 heteroatoms. The predicted octanol–water partition coefficient (Wildman–Crippen LogP) is 2.83. The highest BCUT2D eigenvalue weighted by Crippen LogP contribution is 2.12. The summed E-state index contributed by atoms with van der Waals surface area (Å²) in [5, 5.41) is 11.0. The Morgan fingerprint density at radius 2 is 1.75 bits per heavy atom. The van der Waals surface area contributed by atoms with Crippen molar-refractivity contribution in [2.45, 2.75) is 12.8 Å². The normalized spacial score (nSPS) is 11.3. The van der Waals surface area contributed by atoms with Crippen molar-refractivity contribution in [3.63, 3.8) is 0 Å². The Hall–Kier alpha value is -3.28. The van der Waals surface area contributed by atoms with Crippen LogP contribution in [0.15, 0.2) is 72.0 Å².